The summed E-state index contributed by atoms with van der Waals surface area (Å²) in [4.78, 5) is 24.7. The molecule has 0 aliphatic carbocycles. The fraction of sp³-hybridized carbons (Fsp3) is 0.300. The Hall–Kier alpha value is -3.07. The van der Waals surface area contributed by atoms with Crippen molar-refractivity contribution in [1.29, 1.82) is 0 Å². The number of benzene rings is 2. The molecule has 1 unspecified atom stereocenters. The van der Waals surface area contributed by atoms with Crippen molar-refractivity contribution >= 4 is 21.7 Å². The molecule has 2 aromatic rings. The zero-order chi connectivity index (χ0) is 21.2. The average Bonchev–Trinajstić information content (AvgIpc) is 3.13. The standard InChI is InChI=1S/C20H21NO7S/c1-12-4-6-15(29(3,24)25)9-16(12)20(23)28-13(2)19(22)21-10-14-5-7-17-18(8-14)27-11-26-17/h4-9,13H,10-11H2,1-3H3,(H,21,22). The van der Waals surface area contributed by atoms with E-state index in [-0.39, 0.29) is 23.8 Å². The summed E-state index contributed by atoms with van der Waals surface area (Å²) in [5.41, 5.74) is 1.46. The molecule has 0 radical (unpaired) electrons. The Morgan fingerprint density at radius 3 is 2.59 bits per heavy atom. The lowest BCUT2D eigenvalue weighted by Gasteiger charge is -2.15. The van der Waals surface area contributed by atoms with Crippen LogP contribution in [0.2, 0.25) is 0 Å². The van der Waals surface area contributed by atoms with Crippen LogP contribution in [0, 0.1) is 6.92 Å². The van der Waals surface area contributed by atoms with Gasteiger partial charge in [0, 0.05) is 12.8 Å². The molecule has 0 bridgehead atoms. The molecular formula is C20H21NO7S. The molecule has 29 heavy (non-hydrogen) atoms. The van der Waals surface area contributed by atoms with E-state index in [0.717, 1.165) is 11.8 Å². The molecule has 1 aliphatic heterocycles. The number of rotatable bonds is 6. The maximum atomic E-state index is 12.4. The second-order valence-corrected chi connectivity index (χ2v) is 8.72. The minimum Gasteiger partial charge on any atom is -0.454 e. The van der Waals surface area contributed by atoms with Crippen molar-refractivity contribution in [1.82, 2.24) is 5.32 Å². The highest BCUT2D eigenvalue weighted by Gasteiger charge is 2.22. The van der Waals surface area contributed by atoms with Gasteiger partial charge in [-0.2, -0.15) is 0 Å². The first-order chi connectivity index (χ1) is 13.6. The monoisotopic (exact) mass is 419 g/mol. The minimum absolute atomic E-state index is 0.00922. The van der Waals surface area contributed by atoms with Crippen LogP contribution in [0.3, 0.4) is 0 Å². The first kappa shape index (κ1) is 20.7. The van der Waals surface area contributed by atoms with Gasteiger partial charge in [0.15, 0.2) is 27.4 Å². The minimum atomic E-state index is -3.47. The molecule has 0 saturated heterocycles. The van der Waals surface area contributed by atoms with Crippen molar-refractivity contribution in [3.63, 3.8) is 0 Å². The Bertz CT molecular complexity index is 1060. The van der Waals surface area contributed by atoms with Crippen molar-refractivity contribution in [3.8, 4) is 11.5 Å². The molecule has 1 heterocycles. The van der Waals surface area contributed by atoms with Gasteiger partial charge in [0.05, 0.1) is 10.5 Å². The summed E-state index contributed by atoms with van der Waals surface area (Å²) in [6.07, 6.45) is -0.00305. The Morgan fingerprint density at radius 1 is 1.14 bits per heavy atom. The molecule has 9 heteroatoms. The van der Waals surface area contributed by atoms with E-state index in [1.807, 2.05) is 0 Å². The number of fused-ring (bicyclic) bond motifs is 1. The zero-order valence-electron chi connectivity index (χ0n) is 16.2. The molecule has 1 atom stereocenters. The van der Waals surface area contributed by atoms with Crippen molar-refractivity contribution in [2.24, 2.45) is 0 Å². The molecule has 0 fully saturated rings. The third kappa shape index (κ3) is 4.86. The van der Waals surface area contributed by atoms with Gasteiger partial charge in [-0.3, -0.25) is 4.79 Å². The number of aryl methyl sites for hydroxylation is 1. The van der Waals surface area contributed by atoms with Crippen LogP contribution in [-0.2, 0) is 25.9 Å². The van der Waals surface area contributed by atoms with Crippen LogP contribution >= 0.6 is 0 Å². The van der Waals surface area contributed by atoms with Gasteiger partial charge in [0.2, 0.25) is 6.79 Å². The van der Waals surface area contributed by atoms with Gasteiger partial charge >= 0.3 is 5.97 Å². The summed E-state index contributed by atoms with van der Waals surface area (Å²) in [5, 5.41) is 2.69. The third-order valence-corrected chi connectivity index (χ3v) is 5.52. The Balaban J connectivity index is 1.61. The van der Waals surface area contributed by atoms with E-state index >= 15 is 0 Å². The molecule has 0 aromatic heterocycles. The highest BCUT2D eigenvalue weighted by molar-refractivity contribution is 7.90. The summed E-state index contributed by atoms with van der Waals surface area (Å²) >= 11 is 0. The fourth-order valence-corrected chi connectivity index (χ4v) is 3.36. The van der Waals surface area contributed by atoms with E-state index in [1.165, 1.54) is 25.1 Å². The van der Waals surface area contributed by atoms with Gasteiger partial charge in [0.25, 0.3) is 5.91 Å². The highest BCUT2D eigenvalue weighted by Crippen LogP contribution is 2.32. The Labute approximate surface area is 168 Å². The number of hydrogen-bond acceptors (Lipinski definition) is 7. The first-order valence-electron chi connectivity index (χ1n) is 8.83. The van der Waals surface area contributed by atoms with Crippen LogP contribution in [0.15, 0.2) is 41.3 Å². The van der Waals surface area contributed by atoms with Crippen molar-refractivity contribution in [2.45, 2.75) is 31.4 Å². The van der Waals surface area contributed by atoms with Gasteiger partial charge in [0.1, 0.15) is 0 Å². The second kappa shape index (κ2) is 8.12. The van der Waals surface area contributed by atoms with Gasteiger partial charge < -0.3 is 19.5 Å². The number of nitrogens with one attached hydrogen (secondary N) is 1. The lowest BCUT2D eigenvalue weighted by atomic mass is 10.1. The number of carbonyl (C=O) groups excluding carboxylic acids is 2. The summed E-state index contributed by atoms with van der Waals surface area (Å²) < 4.78 is 39.2. The molecule has 1 amide bonds. The summed E-state index contributed by atoms with van der Waals surface area (Å²) in [6, 6.07) is 9.51. The van der Waals surface area contributed by atoms with Crippen LogP contribution in [0.5, 0.6) is 11.5 Å². The van der Waals surface area contributed by atoms with E-state index in [9.17, 15) is 18.0 Å². The highest BCUT2D eigenvalue weighted by atomic mass is 32.2. The number of amides is 1. The molecule has 2 aromatic carbocycles. The molecule has 0 spiro atoms. The molecule has 154 valence electrons. The first-order valence-corrected chi connectivity index (χ1v) is 10.7. The maximum Gasteiger partial charge on any atom is 0.339 e. The molecule has 1 aliphatic rings. The summed E-state index contributed by atoms with van der Waals surface area (Å²) in [5.74, 6) is 0.0122. The number of carbonyl (C=O) groups is 2. The second-order valence-electron chi connectivity index (χ2n) is 6.70. The van der Waals surface area contributed by atoms with E-state index < -0.39 is 27.8 Å². The number of esters is 1. The zero-order valence-corrected chi connectivity index (χ0v) is 17.0. The van der Waals surface area contributed by atoms with Crippen LogP contribution in [0.25, 0.3) is 0 Å². The largest absolute Gasteiger partial charge is 0.454 e. The predicted molar refractivity (Wildman–Crippen MR) is 104 cm³/mol. The van der Waals surface area contributed by atoms with Crippen LogP contribution in [-0.4, -0.2) is 39.4 Å². The Kier molecular flexibility index (Phi) is 5.78. The molecule has 3 rings (SSSR count). The van der Waals surface area contributed by atoms with Gasteiger partial charge in [-0.25, -0.2) is 13.2 Å². The summed E-state index contributed by atoms with van der Waals surface area (Å²) in [7, 11) is -3.47. The lowest BCUT2D eigenvalue weighted by molar-refractivity contribution is -0.129. The third-order valence-electron chi connectivity index (χ3n) is 4.41. The predicted octanol–water partition coefficient (Wildman–Crippen LogP) is 1.99. The van der Waals surface area contributed by atoms with Crippen LogP contribution in [0.1, 0.15) is 28.4 Å². The van der Waals surface area contributed by atoms with Crippen LogP contribution in [0.4, 0.5) is 0 Å². The van der Waals surface area contributed by atoms with Crippen molar-refractivity contribution in [3.05, 3.63) is 53.1 Å². The van der Waals surface area contributed by atoms with E-state index in [1.54, 1.807) is 25.1 Å². The fourth-order valence-electron chi connectivity index (χ4n) is 2.71. The topological polar surface area (TPSA) is 108 Å². The molecule has 0 saturated carbocycles. The SMILES string of the molecule is Cc1ccc(S(C)(=O)=O)cc1C(=O)OC(C)C(=O)NCc1ccc2c(c1)OCO2. The lowest BCUT2D eigenvalue weighted by Crippen LogP contribution is -2.35. The smallest absolute Gasteiger partial charge is 0.339 e. The van der Waals surface area contributed by atoms with E-state index in [0.29, 0.717) is 17.1 Å². The average molecular weight is 419 g/mol. The number of sulfone groups is 1. The van der Waals surface area contributed by atoms with Crippen molar-refractivity contribution < 1.29 is 32.2 Å². The maximum absolute atomic E-state index is 12.4. The van der Waals surface area contributed by atoms with Crippen LogP contribution < -0.4 is 14.8 Å². The number of hydrogen-bond donors (Lipinski definition) is 1. The van der Waals surface area contributed by atoms with E-state index in [2.05, 4.69) is 5.32 Å². The van der Waals surface area contributed by atoms with Crippen molar-refractivity contribution in [2.75, 3.05) is 13.0 Å². The van der Waals surface area contributed by atoms with Gasteiger partial charge in [-0.05, 0) is 49.2 Å². The summed E-state index contributed by atoms with van der Waals surface area (Å²) in [6.45, 7) is 3.49. The number of ether oxygens (including phenoxy) is 3. The molecular weight excluding hydrogens is 398 g/mol. The molecule has 8 nitrogen and oxygen atoms in total. The molecule has 1 N–H and O–H groups in total. The van der Waals surface area contributed by atoms with Gasteiger partial charge in [-0.1, -0.05) is 12.1 Å². The Morgan fingerprint density at radius 2 is 1.86 bits per heavy atom. The van der Waals surface area contributed by atoms with E-state index in [4.69, 9.17) is 14.2 Å². The quantitative estimate of drug-likeness (QED) is 0.714. The normalized spacial score (nSPS) is 13.6. The van der Waals surface area contributed by atoms with Gasteiger partial charge in [-0.15, -0.1) is 0 Å².